The number of hydrogen-bond acceptors (Lipinski definition) is 5. The second-order valence-electron chi connectivity index (χ2n) is 3.84. The molecule has 6 heteroatoms. The van der Waals surface area contributed by atoms with Crippen LogP contribution in [0.25, 0.3) is 5.65 Å². The number of aromatic nitrogens is 4. The van der Waals surface area contributed by atoms with E-state index in [1.807, 2.05) is 10.6 Å². The van der Waals surface area contributed by atoms with Crippen molar-refractivity contribution in [2.45, 2.75) is 12.5 Å². The van der Waals surface area contributed by atoms with Gasteiger partial charge in [-0.1, -0.05) is 0 Å². The van der Waals surface area contributed by atoms with Crippen LogP contribution >= 0.6 is 0 Å². The third kappa shape index (κ3) is 1.33. The van der Waals surface area contributed by atoms with Crippen molar-refractivity contribution >= 4 is 11.3 Å². The Labute approximate surface area is 86.7 Å². The molecule has 2 aromatic rings. The van der Waals surface area contributed by atoms with E-state index in [1.54, 1.807) is 12.7 Å². The van der Waals surface area contributed by atoms with Gasteiger partial charge in [-0.15, -0.1) is 10.2 Å². The lowest BCUT2D eigenvalue weighted by Gasteiger charge is -2.17. The van der Waals surface area contributed by atoms with Crippen molar-refractivity contribution in [2.75, 3.05) is 18.0 Å². The molecule has 0 spiro atoms. The fourth-order valence-corrected chi connectivity index (χ4v) is 1.97. The van der Waals surface area contributed by atoms with E-state index in [4.69, 9.17) is 5.73 Å². The number of rotatable bonds is 1. The average Bonchev–Trinajstić information content (AvgIpc) is 2.84. The smallest absolute Gasteiger partial charge is 0.187 e. The molecule has 3 rings (SSSR count). The van der Waals surface area contributed by atoms with E-state index < -0.39 is 0 Å². The Kier molecular flexibility index (Phi) is 1.81. The van der Waals surface area contributed by atoms with Gasteiger partial charge in [0.1, 0.15) is 18.3 Å². The SMILES string of the molecule is NC1CCN(c2cncn3cnnc23)C1. The molecule has 1 atom stereocenters. The van der Waals surface area contributed by atoms with Gasteiger partial charge in [0.05, 0.1) is 6.20 Å². The van der Waals surface area contributed by atoms with Gasteiger partial charge in [0.2, 0.25) is 0 Å². The molecule has 78 valence electrons. The molecule has 0 aliphatic carbocycles. The summed E-state index contributed by atoms with van der Waals surface area (Å²) in [6.07, 6.45) is 6.20. The van der Waals surface area contributed by atoms with Gasteiger partial charge < -0.3 is 10.6 Å². The first-order valence-corrected chi connectivity index (χ1v) is 4.98. The van der Waals surface area contributed by atoms with Gasteiger partial charge in [0, 0.05) is 19.1 Å². The molecule has 2 aromatic heterocycles. The largest absolute Gasteiger partial charge is 0.366 e. The topological polar surface area (TPSA) is 72.3 Å². The lowest BCUT2D eigenvalue weighted by atomic mass is 10.3. The minimum absolute atomic E-state index is 0.258. The molecular formula is C9H12N6. The van der Waals surface area contributed by atoms with Crippen LogP contribution in [0.15, 0.2) is 18.9 Å². The van der Waals surface area contributed by atoms with Crippen LogP contribution in [0, 0.1) is 0 Å². The van der Waals surface area contributed by atoms with Crippen LogP contribution in [-0.2, 0) is 0 Å². The minimum atomic E-state index is 0.258. The van der Waals surface area contributed by atoms with E-state index in [-0.39, 0.29) is 6.04 Å². The van der Waals surface area contributed by atoms with Crippen LogP contribution < -0.4 is 10.6 Å². The first-order valence-electron chi connectivity index (χ1n) is 4.98. The third-order valence-corrected chi connectivity index (χ3v) is 2.76. The Hall–Kier alpha value is -1.69. The summed E-state index contributed by atoms with van der Waals surface area (Å²) in [5, 5.41) is 7.95. The van der Waals surface area contributed by atoms with E-state index in [9.17, 15) is 0 Å². The van der Waals surface area contributed by atoms with Gasteiger partial charge in [-0.05, 0) is 6.42 Å². The van der Waals surface area contributed by atoms with Gasteiger partial charge in [-0.2, -0.15) is 0 Å². The number of hydrogen-bond donors (Lipinski definition) is 1. The van der Waals surface area contributed by atoms with Crippen molar-refractivity contribution in [3.8, 4) is 0 Å². The van der Waals surface area contributed by atoms with E-state index in [0.29, 0.717) is 0 Å². The van der Waals surface area contributed by atoms with Crippen molar-refractivity contribution in [1.82, 2.24) is 19.6 Å². The van der Waals surface area contributed by atoms with E-state index >= 15 is 0 Å². The summed E-state index contributed by atoms with van der Waals surface area (Å²) in [6.45, 7) is 1.84. The van der Waals surface area contributed by atoms with Crippen molar-refractivity contribution in [1.29, 1.82) is 0 Å². The molecule has 0 bridgehead atoms. The third-order valence-electron chi connectivity index (χ3n) is 2.76. The highest BCUT2D eigenvalue weighted by Gasteiger charge is 2.21. The lowest BCUT2D eigenvalue weighted by molar-refractivity contribution is 0.752. The van der Waals surface area contributed by atoms with E-state index in [1.165, 1.54) is 0 Å². The lowest BCUT2D eigenvalue weighted by Crippen LogP contribution is -2.26. The molecule has 6 nitrogen and oxygen atoms in total. The first kappa shape index (κ1) is 8.60. The van der Waals surface area contributed by atoms with Crippen molar-refractivity contribution < 1.29 is 0 Å². The van der Waals surface area contributed by atoms with Gasteiger partial charge in [-0.25, -0.2) is 4.98 Å². The van der Waals surface area contributed by atoms with Crippen LogP contribution in [0.2, 0.25) is 0 Å². The minimum Gasteiger partial charge on any atom is -0.366 e. The molecule has 0 amide bonds. The average molecular weight is 204 g/mol. The van der Waals surface area contributed by atoms with Gasteiger partial charge in [-0.3, -0.25) is 4.40 Å². The Balaban J connectivity index is 2.06. The van der Waals surface area contributed by atoms with Crippen LogP contribution in [0.5, 0.6) is 0 Å². The van der Waals surface area contributed by atoms with E-state index in [0.717, 1.165) is 30.8 Å². The fourth-order valence-electron chi connectivity index (χ4n) is 1.97. The van der Waals surface area contributed by atoms with Crippen molar-refractivity contribution in [2.24, 2.45) is 5.73 Å². The highest BCUT2D eigenvalue weighted by Crippen LogP contribution is 2.22. The van der Waals surface area contributed by atoms with Gasteiger partial charge >= 0.3 is 0 Å². The zero-order valence-corrected chi connectivity index (χ0v) is 8.24. The zero-order chi connectivity index (χ0) is 10.3. The Morgan fingerprint density at radius 1 is 1.40 bits per heavy atom. The van der Waals surface area contributed by atoms with Crippen LogP contribution in [-0.4, -0.2) is 38.7 Å². The molecule has 2 N–H and O–H groups in total. The van der Waals surface area contributed by atoms with Crippen LogP contribution in [0.3, 0.4) is 0 Å². The number of nitrogens with two attached hydrogens (primary N) is 1. The molecule has 0 radical (unpaired) electrons. The van der Waals surface area contributed by atoms with Gasteiger partial charge in [0.15, 0.2) is 5.65 Å². The maximum atomic E-state index is 5.88. The van der Waals surface area contributed by atoms with Crippen molar-refractivity contribution in [3.63, 3.8) is 0 Å². The standard InChI is InChI=1S/C9H12N6/c10-7-1-2-14(4-7)8-3-11-5-15-6-12-13-9(8)15/h3,5-7H,1-2,4,10H2. The predicted molar refractivity (Wildman–Crippen MR) is 55.6 cm³/mol. The van der Waals surface area contributed by atoms with Crippen LogP contribution in [0.4, 0.5) is 5.69 Å². The number of fused-ring (bicyclic) bond motifs is 1. The molecule has 15 heavy (non-hydrogen) atoms. The maximum Gasteiger partial charge on any atom is 0.187 e. The van der Waals surface area contributed by atoms with Gasteiger partial charge in [0.25, 0.3) is 0 Å². The second-order valence-corrected chi connectivity index (χ2v) is 3.84. The summed E-state index contributed by atoms with van der Waals surface area (Å²) in [5.74, 6) is 0. The zero-order valence-electron chi connectivity index (χ0n) is 8.24. The predicted octanol–water partition coefficient (Wildman–Crippen LogP) is -0.338. The number of anilines is 1. The summed E-state index contributed by atoms with van der Waals surface area (Å²) in [5.41, 5.74) is 7.74. The Bertz CT molecular complexity index is 478. The molecule has 0 aromatic carbocycles. The van der Waals surface area contributed by atoms with E-state index in [2.05, 4.69) is 20.1 Å². The second kappa shape index (κ2) is 3.16. The fraction of sp³-hybridized carbons (Fsp3) is 0.444. The molecule has 1 aliphatic heterocycles. The maximum absolute atomic E-state index is 5.88. The summed E-state index contributed by atoms with van der Waals surface area (Å²) < 4.78 is 1.82. The quantitative estimate of drug-likeness (QED) is 0.688. The molecular weight excluding hydrogens is 192 g/mol. The Morgan fingerprint density at radius 3 is 3.13 bits per heavy atom. The van der Waals surface area contributed by atoms with Crippen molar-refractivity contribution in [3.05, 3.63) is 18.9 Å². The Morgan fingerprint density at radius 2 is 2.33 bits per heavy atom. The molecule has 1 unspecified atom stereocenters. The monoisotopic (exact) mass is 204 g/mol. The molecule has 1 aliphatic rings. The first-order chi connectivity index (χ1) is 7.34. The molecule has 3 heterocycles. The van der Waals surface area contributed by atoms with Crippen LogP contribution in [0.1, 0.15) is 6.42 Å². The molecule has 1 saturated heterocycles. The highest BCUT2D eigenvalue weighted by atomic mass is 15.3. The summed E-state index contributed by atoms with van der Waals surface area (Å²) >= 11 is 0. The molecule has 1 fully saturated rings. The normalized spacial score (nSPS) is 21.4. The summed E-state index contributed by atoms with van der Waals surface area (Å²) in [4.78, 5) is 6.37. The highest BCUT2D eigenvalue weighted by molar-refractivity contribution is 5.67. The summed E-state index contributed by atoms with van der Waals surface area (Å²) in [6, 6.07) is 0.258. The summed E-state index contributed by atoms with van der Waals surface area (Å²) in [7, 11) is 0. The number of nitrogens with zero attached hydrogens (tertiary/aromatic N) is 5. The molecule has 0 saturated carbocycles.